The van der Waals surface area contributed by atoms with Gasteiger partial charge in [-0.2, -0.15) is 0 Å². The molecule has 142 valence electrons. The number of hydrogen-bond donors (Lipinski definition) is 2. The Hall–Kier alpha value is -0.850. The molecule has 7 heteroatoms. The van der Waals surface area contributed by atoms with Crippen molar-refractivity contribution in [1.29, 1.82) is 0 Å². The van der Waals surface area contributed by atoms with Crippen molar-refractivity contribution in [2.45, 2.75) is 31.4 Å². The van der Waals surface area contributed by atoms with Crippen molar-refractivity contribution in [3.63, 3.8) is 0 Å². The van der Waals surface area contributed by atoms with Gasteiger partial charge < -0.3 is 15.4 Å². The lowest BCUT2D eigenvalue weighted by atomic mass is 9.91. The van der Waals surface area contributed by atoms with Crippen molar-refractivity contribution in [2.24, 2.45) is 0 Å². The van der Waals surface area contributed by atoms with Crippen LogP contribution in [0.2, 0.25) is 0 Å². The number of halogens is 2. The van der Waals surface area contributed by atoms with Crippen LogP contribution < -0.4 is 10.6 Å². The lowest BCUT2D eigenvalue weighted by molar-refractivity contribution is -0.146. The Balaban J connectivity index is 0.00000156. The molecule has 2 aliphatic heterocycles. The zero-order valence-corrected chi connectivity index (χ0v) is 16.4. The Bertz CT molecular complexity index is 551. The zero-order valence-electron chi connectivity index (χ0n) is 14.8. The molecule has 0 atom stereocenters. The molecule has 1 aromatic rings. The maximum absolute atomic E-state index is 12.5. The molecule has 1 fully saturated rings. The maximum atomic E-state index is 12.5. The second-order valence-electron chi connectivity index (χ2n) is 6.50. The monoisotopic (exact) mass is 389 g/mol. The number of nitrogens with zero attached hydrogens (tertiary/aromatic N) is 1. The maximum Gasteiger partial charge on any atom is 0.252 e. The van der Waals surface area contributed by atoms with E-state index in [1.54, 1.807) is 7.11 Å². The van der Waals surface area contributed by atoms with Gasteiger partial charge in [-0.05, 0) is 43.5 Å². The molecule has 1 saturated heterocycles. The molecule has 0 unspecified atom stereocenters. The summed E-state index contributed by atoms with van der Waals surface area (Å²) >= 11 is 0. The van der Waals surface area contributed by atoms with E-state index < -0.39 is 5.60 Å². The minimum atomic E-state index is -0.639. The summed E-state index contributed by atoms with van der Waals surface area (Å²) in [6.45, 7) is 5.28. The highest BCUT2D eigenvalue weighted by atomic mass is 35.5. The minimum absolute atomic E-state index is 0. The van der Waals surface area contributed by atoms with Crippen molar-refractivity contribution in [3.8, 4) is 0 Å². The molecule has 1 aromatic carbocycles. The molecule has 0 aromatic heterocycles. The number of benzene rings is 1. The summed E-state index contributed by atoms with van der Waals surface area (Å²) in [7, 11) is 1.65. The van der Waals surface area contributed by atoms with Gasteiger partial charge in [-0.25, -0.2) is 0 Å². The van der Waals surface area contributed by atoms with Gasteiger partial charge in [0.25, 0.3) is 5.91 Å². The van der Waals surface area contributed by atoms with Gasteiger partial charge in [-0.3, -0.25) is 9.69 Å². The first-order chi connectivity index (χ1) is 11.2. The third-order valence-corrected chi connectivity index (χ3v) is 5.14. The molecule has 0 radical (unpaired) electrons. The highest BCUT2D eigenvalue weighted by molar-refractivity contribution is 5.86. The Morgan fingerprint density at radius 1 is 1.24 bits per heavy atom. The zero-order chi connectivity index (χ0) is 16.1. The largest absolute Gasteiger partial charge is 0.368 e. The topological polar surface area (TPSA) is 53.6 Å². The number of ether oxygens (including phenoxy) is 1. The summed E-state index contributed by atoms with van der Waals surface area (Å²) in [6.07, 6.45) is 2.58. The van der Waals surface area contributed by atoms with E-state index in [2.05, 4.69) is 39.8 Å². The summed E-state index contributed by atoms with van der Waals surface area (Å²) < 4.78 is 5.56. The van der Waals surface area contributed by atoms with E-state index in [-0.39, 0.29) is 30.7 Å². The number of piperidine rings is 1. The van der Waals surface area contributed by atoms with Gasteiger partial charge in [-0.1, -0.05) is 24.3 Å². The fourth-order valence-corrected chi connectivity index (χ4v) is 3.59. The summed E-state index contributed by atoms with van der Waals surface area (Å²) in [5.41, 5.74) is 2.23. The standard InChI is InChI=1S/C18H27N3O2.2ClH/c1-23-18(7-9-19-10-8-18)17(22)20-11-13-21-12-6-15-4-2-3-5-16(15)14-21;;/h2-5,19H,6-14H2,1H3,(H,20,22);2*1H. The summed E-state index contributed by atoms with van der Waals surface area (Å²) in [6, 6.07) is 8.63. The molecule has 3 rings (SSSR count). The normalized spacial score (nSPS) is 19.1. The van der Waals surface area contributed by atoms with Crippen molar-refractivity contribution in [3.05, 3.63) is 35.4 Å². The fourth-order valence-electron chi connectivity index (χ4n) is 3.59. The number of hydrogen-bond acceptors (Lipinski definition) is 4. The Kier molecular flexibility index (Phi) is 9.17. The molecule has 2 N–H and O–H groups in total. The van der Waals surface area contributed by atoms with E-state index in [1.165, 1.54) is 11.1 Å². The van der Waals surface area contributed by atoms with Crippen LogP contribution in [0.4, 0.5) is 0 Å². The molecule has 0 spiro atoms. The van der Waals surface area contributed by atoms with E-state index in [4.69, 9.17) is 4.74 Å². The molecule has 0 bridgehead atoms. The Morgan fingerprint density at radius 2 is 1.92 bits per heavy atom. The molecular weight excluding hydrogens is 361 g/mol. The molecular formula is C18H29Cl2N3O2. The molecule has 0 aliphatic carbocycles. The number of carbonyl (C=O) groups is 1. The van der Waals surface area contributed by atoms with Crippen molar-refractivity contribution >= 4 is 30.7 Å². The predicted octanol–water partition coefficient (Wildman–Crippen LogP) is 1.77. The highest BCUT2D eigenvalue weighted by Crippen LogP contribution is 2.22. The third-order valence-electron chi connectivity index (χ3n) is 5.14. The predicted molar refractivity (Wildman–Crippen MR) is 105 cm³/mol. The fraction of sp³-hybridized carbons (Fsp3) is 0.611. The average Bonchev–Trinajstić information content (AvgIpc) is 2.62. The number of rotatable bonds is 5. The number of amides is 1. The molecule has 2 aliphatic rings. The van der Waals surface area contributed by atoms with E-state index >= 15 is 0 Å². The lowest BCUT2D eigenvalue weighted by Gasteiger charge is -2.35. The van der Waals surface area contributed by atoms with Crippen molar-refractivity contribution in [2.75, 3.05) is 39.8 Å². The molecule has 1 amide bonds. The molecule has 5 nitrogen and oxygen atoms in total. The van der Waals surface area contributed by atoms with E-state index in [0.29, 0.717) is 6.54 Å². The van der Waals surface area contributed by atoms with Gasteiger partial charge in [0.1, 0.15) is 5.60 Å². The van der Waals surface area contributed by atoms with Crippen molar-refractivity contribution in [1.82, 2.24) is 15.5 Å². The Morgan fingerprint density at radius 3 is 2.60 bits per heavy atom. The lowest BCUT2D eigenvalue weighted by Crippen LogP contribution is -2.55. The van der Waals surface area contributed by atoms with E-state index in [1.807, 2.05) is 0 Å². The van der Waals surface area contributed by atoms with Crippen LogP contribution in [-0.4, -0.2) is 56.2 Å². The van der Waals surface area contributed by atoms with Gasteiger partial charge in [0.2, 0.25) is 0 Å². The van der Waals surface area contributed by atoms with Crippen molar-refractivity contribution < 1.29 is 9.53 Å². The minimum Gasteiger partial charge on any atom is -0.368 e. The second kappa shape index (κ2) is 10.3. The van der Waals surface area contributed by atoms with Gasteiger partial charge in [0.05, 0.1) is 0 Å². The number of fused-ring (bicyclic) bond motifs is 1. The van der Waals surface area contributed by atoms with Gasteiger partial charge >= 0.3 is 0 Å². The first-order valence-electron chi connectivity index (χ1n) is 8.57. The van der Waals surface area contributed by atoms with E-state index in [9.17, 15) is 4.79 Å². The number of carbonyl (C=O) groups excluding carboxylic acids is 1. The second-order valence-corrected chi connectivity index (χ2v) is 6.50. The summed E-state index contributed by atoms with van der Waals surface area (Å²) in [5, 5.41) is 6.36. The van der Waals surface area contributed by atoms with Crippen LogP contribution >= 0.6 is 24.8 Å². The average molecular weight is 390 g/mol. The smallest absolute Gasteiger partial charge is 0.252 e. The highest BCUT2D eigenvalue weighted by Gasteiger charge is 2.39. The first-order valence-corrected chi connectivity index (χ1v) is 8.57. The van der Waals surface area contributed by atoms with Gasteiger partial charge in [0, 0.05) is 33.3 Å². The molecule has 2 heterocycles. The third kappa shape index (κ3) is 5.31. The number of nitrogens with one attached hydrogen (secondary N) is 2. The van der Waals surface area contributed by atoms with Crippen LogP contribution in [0.5, 0.6) is 0 Å². The van der Waals surface area contributed by atoms with E-state index in [0.717, 1.165) is 52.0 Å². The SMILES string of the molecule is COC1(C(=O)NCCN2CCc3ccccc3C2)CCNCC1.Cl.Cl. The van der Waals surface area contributed by atoms with Crippen LogP contribution in [0.25, 0.3) is 0 Å². The summed E-state index contributed by atoms with van der Waals surface area (Å²) in [5.74, 6) is 0.0407. The van der Waals surface area contributed by atoms with Crippen LogP contribution in [0.1, 0.15) is 24.0 Å². The Labute approximate surface area is 162 Å². The molecule has 0 saturated carbocycles. The van der Waals surface area contributed by atoms with Crippen LogP contribution in [0.3, 0.4) is 0 Å². The number of methoxy groups -OCH3 is 1. The van der Waals surface area contributed by atoms with Crippen LogP contribution in [0, 0.1) is 0 Å². The first kappa shape index (κ1) is 22.2. The van der Waals surface area contributed by atoms with Gasteiger partial charge in [0.15, 0.2) is 0 Å². The summed E-state index contributed by atoms with van der Waals surface area (Å²) in [4.78, 5) is 14.9. The van der Waals surface area contributed by atoms with Crippen LogP contribution in [-0.2, 0) is 22.5 Å². The van der Waals surface area contributed by atoms with Crippen LogP contribution in [0.15, 0.2) is 24.3 Å². The molecule has 25 heavy (non-hydrogen) atoms. The quantitative estimate of drug-likeness (QED) is 0.805. The van der Waals surface area contributed by atoms with Gasteiger partial charge in [-0.15, -0.1) is 24.8 Å².